The van der Waals surface area contributed by atoms with E-state index in [-0.39, 0.29) is 5.60 Å². The maximum absolute atomic E-state index is 6.12. The summed E-state index contributed by atoms with van der Waals surface area (Å²) in [7, 11) is 0. The summed E-state index contributed by atoms with van der Waals surface area (Å²) in [4.78, 5) is 0. The molecule has 17 heavy (non-hydrogen) atoms. The van der Waals surface area contributed by atoms with Crippen molar-refractivity contribution in [3.05, 3.63) is 35.9 Å². The Morgan fingerprint density at radius 1 is 1.41 bits per heavy atom. The van der Waals surface area contributed by atoms with Crippen LogP contribution >= 0.6 is 15.9 Å². The molecule has 2 rings (SSSR count). The van der Waals surface area contributed by atoms with Gasteiger partial charge in [-0.1, -0.05) is 46.3 Å². The van der Waals surface area contributed by atoms with Gasteiger partial charge in [-0.15, -0.1) is 0 Å². The molecule has 2 unspecified atom stereocenters. The summed E-state index contributed by atoms with van der Waals surface area (Å²) in [6.07, 6.45) is 1.12. The second-order valence-electron chi connectivity index (χ2n) is 4.77. The molecule has 1 aliphatic rings. The Kier molecular flexibility index (Phi) is 4.60. The van der Waals surface area contributed by atoms with Crippen molar-refractivity contribution in [2.75, 3.05) is 25.2 Å². The summed E-state index contributed by atoms with van der Waals surface area (Å²) in [5.74, 6) is 0.553. The highest BCUT2D eigenvalue weighted by molar-refractivity contribution is 9.09. The fourth-order valence-corrected chi connectivity index (χ4v) is 2.49. The van der Waals surface area contributed by atoms with Gasteiger partial charge < -0.3 is 9.47 Å². The van der Waals surface area contributed by atoms with Crippen molar-refractivity contribution >= 4 is 15.9 Å². The average molecular weight is 299 g/mol. The Labute approximate surface area is 111 Å². The summed E-state index contributed by atoms with van der Waals surface area (Å²) in [5.41, 5.74) is 0.972. The van der Waals surface area contributed by atoms with Gasteiger partial charge >= 0.3 is 0 Å². The van der Waals surface area contributed by atoms with Gasteiger partial charge in [0.05, 0.1) is 18.8 Å². The van der Waals surface area contributed by atoms with E-state index in [0.29, 0.717) is 5.92 Å². The number of hydrogen-bond acceptors (Lipinski definition) is 2. The van der Waals surface area contributed by atoms with Crippen LogP contribution in [0.5, 0.6) is 0 Å². The monoisotopic (exact) mass is 298 g/mol. The summed E-state index contributed by atoms with van der Waals surface area (Å²) < 4.78 is 11.5. The lowest BCUT2D eigenvalue weighted by Gasteiger charge is -2.29. The standard InChI is InChI=1S/C14H19BrO2/c1-14(11-15,13-5-3-2-4-6-13)17-10-12-7-8-16-9-12/h2-6,12H,7-11H2,1H3. The first kappa shape index (κ1) is 13.1. The van der Waals surface area contributed by atoms with E-state index in [2.05, 4.69) is 47.1 Å². The quantitative estimate of drug-likeness (QED) is 0.776. The van der Waals surface area contributed by atoms with Gasteiger partial charge in [-0.3, -0.25) is 0 Å². The van der Waals surface area contributed by atoms with Gasteiger partial charge in [-0.25, -0.2) is 0 Å². The number of benzene rings is 1. The number of ether oxygens (including phenoxy) is 2. The van der Waals surface area contributed by atoms with Crippen LogP contribution in [-0.2, 0) is 15.1 Å². The zero-order valence-corrected chi connectivity index (χ0v) is 11.8. The third-order valence-corrected chi connectivity index (χ3v) is 4.37. The van der Waals surface area contributed by atoms with E-state index < -0.39 is 0 Å². The molecular weight excluding hydrogens is 280 g/mol. The molecule has 1 aromatic rings. The van der Waals surface area contributed by atoms with Crippen LogP contribution in [0.1, 0.15) is 18.9 Å². The largest absolute Gasteiger partial charge is 0.381 e. The minimum atomic E-state index is -0.246. The van der Waals surface area contributed by atoms with E-state index in [0.717, 1.165) is 31.6 Å². The van der Waals surface area contributed by atoms with Crippen LogP contribution in [0.2, 0.25) is 0 Å². The van der Waals surface area contributed by atoms with Crippen molar-refractivity contribution in [2.24, 2.45) is 5.92 Å². The fraction of sp³-hybridized carbons (Fsp3) is 0.571. The summed E-state index contributed by atoms with van der Waals surface area (Å²) in [5, 5.41) is 0.803. The lowest BCUT2D eigenvalue weighted by molar-refractivity contribution is -0.0359. The highest BCUT2D eigenvalue weighted by Crippen LogP contribution is 2.29. The first-order valence-electron chi connectivity index (χ1n) is 6.08. The van der Waals surface area contributed by atoms with E-state index in [4.69, 9.17) is 9.47 Å². The Morgan fingerprint density at radius 3 is 2.76 bits per heavy atom. The highest BCUT2D eigenvalue weighted by atomic mass is 79.9. The lowest BCUT2D eigenvalue weighted by atomic mass is 9.98. The van der Waals surface area contributed by atoms with E-state index in [1.807, 2.05) is 6.07 Å². The van der Waals surface area contributed by atoms with Crippen LogP contribution in [0.4, 0.5) is 0 Å². The van der Waals surface area contributed by atoms with Crippen molar-refractivity contribution in [1.29, 1.82) is 0 Å². The third-order valence-electron chi connectivity index (χ3n) is 3.30. The lowest BCUT2D eigenvalue weighted by Crippen LogP contribution is -2.30. The molecular formula is C14H19BrO2. The van der Waals surface area contributed by atoms with Gasteiger partial charge in [0.15, 0.2) is 0 Å². The van der Waals surface area contributed by atoms with Crippen molar-refractivity contribution in [1.82, 2.24) is 0 Å². The summed E-state index contributed by atoms with van der Waals surface area (Å²) in [6.45, 7) is 4.63. The smallest absolute Gasteiger partial charge is 0.0999 e. The van der Waals surface area contributed by atoms with E-state index >= 15 is 0 Å². The summed E-state index contributed by atoms with van der Waals surface area (Å²) >= 11 is 3.56. The van der Waals surface area contributed by atoms with E-state index in [1.54, 1.807) is 0 Å². The van der Waals surface area contributed by atoms with E-state index in [9.17, 15) is 0 Å². The van der Waals surface area contributed by atoms with Crippen LogP contribution < -0.4 is 0 Å². The molecule has 0 aromatic heterocycles. The Morgan fingerprint density at radius 2 is 2.18 bits per heavy atom. The second-order valence-corrected chi connectivity index (χ2v) is 5.33. The molecule has 1 heterocycles. The maximum atomic E-state index is 6.12. The normalized spacial score (nSPS) is 23.5. The predicted octanol–water partition coefficient (Wildman–Crippen LogP) is 3.35. The Balaban J connectivity index is 1.98. The van der Waals surface area contributed by atoms with E-state index in [1.165, 1.54) is 5.56 Å². The fourth-order valence-electron chi connectivity index (χ4n) is 2.01. The molecule has 1 fully saturated rings. The zero-order chi connectivity index (χ0) is 12.1. The third kappa shape index (κ3) is 3.30. The van der Waals surface area contributed by atoms with Crippen molar-refractivity contribution < 1.29 is 9.47 Å². The van der Waals surface area contributed by atoms with Crippen LogP contribution in [-0.4, -0.2) is 25.2 Å². The molecule has 0 amide bonds. The van der Waals surface area contributed by atoms with Crippen LogP contribution in [0.15, 0.2) is 30.3 Å². The van der Waals surface area contributed by atoms with Crippen molar-refractivity contribution in [2.45, 2.75) is 18.9 Å². The van der Waals surface area contributed by atoms with Gasteiger partial charge in [0.1, 0.15) is 0 Å². The maximum Gasteiger partial charge on any atom is 0.0999 e. The number of hydrogen-bond donors (Lipinski definition) is 0. The molecule has 0 spiro atoms. The molecule has 1 aliphatic heterocycles. The first-order chi connectivity index (χ1) is 8.24. The Bertz CT molecular complexity index is 335. The zero-order valence-electron chi connectivity index (χ0n) is 10.2. The Hall–Kier alpha value is -0.380. The number of alkyl halides is 1. The van der Waals surface area contributed by atoms with Gasteiger partial charge in [0.25, 0.3) is 0 Å². The molecule has 0 radical (unpaired) electrons. The first-order valence-corrected chi connectivity index (χ1v) is 7.20. The number of halogens is 1. The average Bonchev–Trinajstić information content (AvgIpc) is 2.90. The minimum absolute atomic E-state index is 0.246. The van der Waals surface area contributed by atoms with Gasteiger partial charge in [-0.05, 0) is 18.9 Å². The van der Waals surface area contributed by atoms with Gasteiger partial charge in [0.2, 0.25) is 0 Å². The molecule has 2 nitrogen and oxygen atoms in total. The van der Waals surface area contributed by atoms with Gasteiger partial charge in [0, 0.05) is 17.9 Å². The molecule has 94 valence electrons. The van der Waals surface area contributed by atoms with Crippen LogP contribution in [0.25, 0.3) is 0 Å². The topological polar surface area (TPSA) is 18.5 Å². The minimum Gasteiger partial charge on any atom is -0.381 e. The SMILES string of the molecule is CC(CBr)(OCC1CCOC1)c1ccccc1. The van der Waals surface area contributed by atoms with Crippen LogP contribution in [0, 0.1) is 5.92 Å². The van der Waals surface area contributed by atoms with Gasteiger partial charge in [-0.2, -0.15) is 0 Å². The van der Waals surface area contributed by atoms with Crippen LogP contribution in [0.3, 0.4) is 0 Å². The van der Waals surface area contributed by atoms with Crippen molar-refractivity contribution in [3.8, 4) is 0 Å². The molecule has 3 heteroatoms. The highest BCUT2D eigenvalue weighted by Gasteiger charge is 2.28. The second kappa shape index (κ2) is 5.98. The number of rotatable bonds is 5. The molecule has 0 N–H and O–H groups in total. The molecule has 0 saturated carbocycles. The molecule has 0 bridgehead atoms. The molecule has 2 atom stereocenters. The van der Waals surface area contributed by atoms with Crippen molar-refractivity contribution in [3.63, 3.8) is 0 Å². The molecule has 1 aromatic carbocycles. The molecule has 1 saturated heterocycles. The molecule has 0 aliphatic carbocycles. The summed E-state index contributed by atoms with van der Waals surface area (Å²) in [6, 6.07) is 10.4. The predicted molar refractivity (Wildman–Crippen MR) is 72.5 cm³/mol.